The molecule has 3 N–H and O–H groups in total. The molecule has 0 aliphatic carbocycles. The minimum Gasteiger partial charge on any atom is -0.494 e. The lowest BCUT2D eigenvalue weighted by Crippen LogP contribution is -2.28. The third-order valence-electron chi connectivity index (χ3n) is 2.58. The zero-order valence-corrected chi connectivity index (χ0v) is 10.8. The second kappa shape index (κ2) is 7.13. The standard InChI is InChI=1S/C13H16N2O5/c1-2-9(16)14-10(17)5-3-4-6-11(18)15-12(19)7-8-13(15)20/h2,7-8,19-20H,1,3-6H2,(H,14,16,17). The fourth-order valence-electron chi connectivity index (χ4n) is 1.60. The molecule has 1 aromatic rings. The van der Waals surface area contributed by atoms with Crippen molar-refractivity contribution < 1.29 is 24.6 Å². The van der Waals surface area contributed by atoms with Crippen molar-refractivity contribution in [1.82, 2.24) is 9.88 Å². The van der Waals surface area contributed by atoms with Crippen LogP contribution in [0.25, 0.3) is 0 Å². The minimum atomic E-state index is -0.562. The van der Waals surface area contributed by atoms with Crippen molar-refractivity contribution >= 4 is 17.7 Å². The second-order valence-corrected chi connectivity index (χ2v) is 4.10. The van der Waals surface area contributed by atoms with Gasteiger partial charge >= 0.3 is 0 Å². The van der Waals surface area contributed by atoms with Crippen LogP contribution in [0.1, 0.15) is 30.5 Å². The van der Waals surface area contributed by atoms with Gasteiger partial charge in [-0.25, -0.2) is 4.57 Å². The topological polar surface area (TPSA) is 109 Å². The van der Waals surface area contributed by atoms with Crippen LogP contribution in [0, 0.1) is 0 Å². The molecule has 20 heavy (non-hydrogen) atoms. The van der Waals surface area contributed by atoms with Gasteiger partial charge < -0.3 is 10.2 Å². The van der Waals surface area contributed by atoms with Crippen molar-refractivity contribution in [3.05, 3.63) is 24.8 Å². The number of carbonyl (C=O) groups excluding carboxylic acids is 3. The first kappa shape index (κ1) is 15.5. The van der Waals surface area contributed by atoms with Crippen LogP contribution in [0.4, 0.5) is 0 Å². The molecule has 0 bridgehead atoms. The van der Waals surface area contributed by atoms with Gasteiger partial charge in [0, 0.05) is 25.0 Å². The summed E-state index contributed by atoms with van der Waals surface area (Å²) in [6, 6.07) is 2.42. The summed E-state index contributed by atoms with van der Waals surface area (Å²) in [5, 5.41) is 20.8. The number of carbonyl (C=O) groups is 3. The summed E-state index contributed by atoms with van der Waals surface area (Å²) in [7, 11) is 0. The molecule has 7 heteroatoms. The third kappa shape index (κ3) is 4.27. The van der Waals surface area contributed by atoms with Crippen molar-refractivity contribution in [2.24, 2.45) is 0 Å². The van der Waals surface area contributed by atoms with E-state index in [9.17, 15) is 24.6 Å². The molecule has 0 aliphatic heterocycles. The monoisotopic (exact) mass is 280 g/mol. The molecular weight excluding hydrogens is 264 g/mol. The van der Waals surface area contributed by atoms with E-state index in [0.717, 1.165) is 10.6 Å². The first-order valence-electron chi connectivity index (χ1n) is 6.05. The maximum absolute atomic E-state index is 11.7. The lowest BCUT2D eigenvalue weighted by molar-refractivity contribution is -0.128. The predicted molar refractivity (Wildman–Crippen MR) is 70.2 cm³/mol. The van der Waals surface area contributed by atoms with E-state index < -0.39 is 17.7 Å². The van der Waals surface area contributed by atoms with Gasteiger partial charge in [-0.15, -0.1) is 0 Å². The van der Waals surface area contributed by atoms with E-state index in [-0.39, 0.29) is 24.6 Å². The number of amides is 2. The Morgan fingerprint density at radius 2 is 1.70 bits per heavy atom. The van der Waals surface area contributed by atoms with Crippen LogP contribution in [0.5, 0.6) is 11.8 Å². The van der Waals surface area contributed by atoms with E-state index in [1.165, 1.54) is 12.1 Å². The summed E-state index contributed by atoms with van der Waals surface area (Å²) >= 11 is 0. The lowest BCUT2D eigenvalue weighted by atomic mass is 10.2. The van der Waals surface area contributed by atoms with Crippen LogP contribution in [0.2, 0.25) is 0 Å². The van der Waals surface area contributed by atoms with Gasteiger partial charge in [0.2, 0.25) is 29.5 Å². The minimum absolute atomic E-state index is 0.0679. The van der Waals surface area contributed by atoms with Crippen LogP contribution in [-0.4, -0.2) is 32.5 Å². The SMILES string of the molecule is C=CC(=O)NC(=O)CCCCC(=O)n1c(O)ccc1O. The van der Waals surface area contributed by atoms with Gasteiger partial charge in [0.1, 0.15) is 0 Å². The Balaban J connectivity index is 2.31. The van der Waals surface area contributed by atoms with Gasteiger partial charge in [-0.2, -0.15) is 0 Å². The van der Waals surface area contributed by atoms with Crippen molar-refractivity contribution in [3.63, 3.8) is 0 Å². The number of nitrogens with one attached hydrogen (secondary N) is 1. The fourth-order valence-corrected chi connectivity index (χ4v) is 1.60. The number of aromatic hydroxyl groups is 2. The van der Waals surface area contributed by atoms with Gasteiger partial charge in [-0.1, -0.05) is 6.58 Å². The molecule has 1 aromatic heterocycles. The maximum Gasteiger partial charge on any atom is 0.249 e. The number of rotatable bonds is 6. The summed E-state index contributed by atoms with van der Waals surface area (Å²) in [5.74, 6) is -2.13. The molecule has 2 amide bonds. The van der Waals surface area contributed by atoms with E-state index in [1.54, 1.807) is 0 Å². The zero-order valence-electron chi connectivity index (χ0n) is 10.8. The normalized spacial score (nSPS) is 10.0. The summed E-state index contributed by atoms with van der Waals surface area (Å²) in [5.41, 5.74) is 0. The van der Waals surface area contributed by atoms with Gasteiger partial charge in [0.15, 0.2) is 0 Å². The molecule has 0 fully saturated rings. The highest BCUT2D eigenvalue weighted by Crippen LogP contribution is 2.21. The molecule has 0 radical (unpaired) electrons. The number of nitrogens with zero attached hydrogens (tertiary/aromatic N) is 1. The molecular formula is C13H16N2O5. The molecule has 0 saturated heterocycles. The van der Waals surface area contributed by atoms with Gasteiger partial charge in [-0.3, -0.25) is 19.7 Å². The zero-order chi connectivity index (χ0) is 15.1. The number of aromatic nitrogens is 1. The van der Waals surface area contributed by atoms with E-state index in [4.69, 9.17) is 0 Å². The Bertz CT molecular complexity index is 513. The second-order valence-electron chi connectivity index (χ2n) is 4.10. The molecule has 0 atom stereocenters. The van der Waals surface area contributed by atoms with Crippen molar-refractivity contribution in [1.29, 1.82) is 0 Å². The van der Waals surface area contributed by atoms with Crippen LogP contribution >= 0.6 is 0 Å². The predicted octanol–water partition coefficient (Wildman–Crippen LogP) is 0.929. The average Bonchev–Trinajstić information content (AvgIpc) is 2.74. The number of hydrogen-bond donors (Lipinski definition) is 3. The molecule has 108 valence electrons. The molecule has 0 spiro atoms. The number of imide groups is 1. The van der Waals surface area contributed by atoms with E-state index in [0.29, 0.717) is 12.8 Å². The largest absolute Gasteiger partial charge is 0.494 e. The molecule has 0 saturated carbocycles. The molecule has 7 nitrogen and oxygen atoms in total. The Kier molecular flexibility index (Phi) is 5.52. The van der Waals surface area contributed by atoms with Crippen LogP contribution < -0.4 is 5.32 Å². The maximum atomic E-state index is 11.7. The van der Waals surface area contributed by atoms with Crippen molar-refractivity contribution in [3.8, 4) is 11.8 Å². The molecule has 1 heterocycles. The van der Waals surface area contributed by atoms with Gasteiger partial charge in [0.05, 0.1) is 0 Å². The van der Waals surface area contributed by atoms with Gasteiger partial charge in [-0.05, 0) is 18.9 Å². The van der Waals surface area contributed by atoms with E-state index in [1.807, 2.05) is 0 Å². The molecule has 0 unspecified atom stereocenters. The Morgan fingerprint density at radius 3 is 2.25 bits per heavy atom. The summed E-state index contributed by atoms with van der Waals surface area (Å²) < 4.78 is 0.793. The fraction of sp³-hybridized carbons (Fsp3) is 0.308. The Hall–Kier alpha value is -2.57. The highest BCUT2D eigenvalue weighted by atomic mass is 16.3. The highest BCUT2D eigenvalue weighted by Gasteiger charge is 2.13. The summed E-state index contributed by atoms with van der Waals surface area (Å²) in [4.78, 5) is 33.8. The highest BCUT2D eigenvalue weighted by molar-refractivity contribution is 6.00. The lowest BCUT2D eigenvalue weighted by Gasteiger charge is -2.05. The first-order chi connectivity index (χ1) is 9.45. The van der Waals surface area contributed by atoms with E-state index in [2.05, 4.69) is 11.9 Å². The molecule has 0 aromatic carbocycles. The van der Waals surface area contributed by atoms with E-state index >= 15 is 0 Å². The quantitative estimate of drug-likeness (QED) is 0.530. The summed E-state index contributed by atoms with van der Waals surface area (Å²) in [6.07, 6.45) is 1.98. The number of hydrogen-bond acceptors (Lipinski definition) is 5. The van der Waals surface area contributed by atoms with Gasteiger partial charge in [0.25, 0.3) is 0 Å². The number of unbranched alkanes of at least 4 members (excludes halogenated alkanes) is 1. The van der Waals surface area contributed by atoms with Crippen LogP contribution in [0.15, 0.2) is 24.8 Å². The smallest absolute Gasteiger partial charge is 0.249 e. The van der Waals surface area contributed by atoms with Crippen LogP contribution in [0.3, 0.4) is 0 Å². The summed E-state index contributed by atoms with van der Waals surface area (Å²) in [6.45, 7) is 3.22. The first-order valence-corrected chi connectivity index (χ1v) is 6.05. The Morgan fingerprint density at radius 1 is 1.15 bits per heavy atom. The van der Waals surface area contributed by atoms with Crippen LogP contribution in [-0.2, 0) is 9.59 Å². The molecule has 1 rings (SSSR count). The van der Waals surface area contributed by atoms with Crippen molar-refractivity contribution in [2.45, 2.75) is 25.7 Å². The Labute approximate surface area is 115 Å². The average molecular weight is 280 g/mol. The molecule has 0 aliphatic rings. The van der Waals surface area contributed by atoms with Crippen molar-refractivity contribution in [2.75, 3.05) is 0 Å². The third-order valence-corrected chi connectivity index (χ3v) is 2.58.